The average Bonchev–Trinajstić information content (AvgIpc) is 2.72. The predicted molar refractivity (Wildman–Crippen MR) is 101 cm³/mol. The first-order valence-electron chi connectivity index (χ1n) is 8.36. The van der Waals surface area contributed by atoms with E-state index in [1.807, 2.05) is 0 Å². The standard InChI is InChI=1S/C21H19NO6/c1-4-27-20(23)15(13-22)11-14-9-10-18(19(12-14)26-3)28-21(24)16-7-5-6-8-17(16)25-2/h5-12H,4H2,1-3H3/b15-11+. The van der Waals surface area contributed by atoms with Gasteiger partial charge in [-0.05, 0) is 42.8 Å². The van der Waals surface area contributed by atoms with Gasteiger partial charge in [0.1, 0.15) is 23.0 Å². The van der Waals surface area contributed by atoms with Crippen LogP contribution in [0.2, 0.25) is 0 Å². The van der Waals surface area contributed by atoms with Gasteiger partial charge in [-0.2, -0.15) is 5.26 Å². The molecular formula is C21H19NO6. The number of esters is 2. The largest absolute Gasteiger partial charge is 0.496 e. The van der Waals surface area contributed by atoms with Gasteiger partial charge in [-0.25, -0.2) is 9.59 Å². The van der Waals surface area contributed by atoms with E-state index in [9.17, 15) is 9.59 Å². The second-order valence-electron chi connectivity index (χ2n) is 5.39. The molecule has 0 saturated heterocycles. The molecule has 2 aromatic carbocycles. The van der Waals surface area contributed by atoms with Crippen molar-refractivity contribution in [3.05, 3.63) is 59.2 Å². The number of para-hydroxylation sites is 1. The van der Waals surface area contributed by atoms with Crippen LogP contribution in [-0.2, 0) is 9.53 Å². The number of hydrogen-bond acceptors (Lipinski definition) is 7. The lowest BCUT2D eigenvalue weighted by Gasteiger charge is -2.11. The van der Waals surface area contributed by atoms with Gasteiger partial charge in [0.15, 0.2) is 11.5 Å². The maximum atomic E-state index is 12.5. The smallest absolute Gasteiger partial charge is 0.348 e. The summed E-state index contributed by atoms with van der Waals surface area (Å²) in [6, 6.07) is 13.1. The Kier molecular flexibility index (Phi) is 7.17. The van der Waals surface area contributed by atoms with Crippen molar-refractivity contribution in [2.24, 2.45) is 0 Å². The number of carbonyl (C=O) groups excluding carboxylic acids is 2. The summed E-state index contributed by atoms with van der Waals surface area (Å²) >= 11 is 0. The number of nitrogens with zero attached hydrogens (tertiary/aromatic N) is 1. The van der Waals surface area contributed by atoms with Crippen molar-refractivity contribution in [2.45, 2.75) is 6.92 Å². The van der Waals surface area contributed by atoms with Gasteiger partial charge < -0.3 is 18.9 Å². The first-order valence-corrected chi connectivity index (χ1v) is 8.36. The van der Waals surface area contributed by atoms with E-state index in [4.69, 9.17) is 24.2 Å². The van der Waals surface area contributed by atoms with Crippen LogP contribution in [0.25, 0.3) is 6.08 Å². The van der Waals surface area contributed by atoms with Crippen molar-refractivity contribution in [1.82, 2.24) is 0 Å². The van der Waals surface area contributed by atoms with Gasteiger partial charge in [0, 0.05) is 0 Å². The highest BCUT2D eigenvalue weighted by Crippen LogP contribution is 2.30. The minimum absolute atomic E-state index is 0.150. The number of rotatable bonds is 7. The lowest BCUT2D eigenvalue weighted by molar-refractivity contribution is -0.137. The molecule has 0 atom stereocenters. The van der Waals surface area contributed by atoms with E-state index in [2.05, 4.69) is 0 Å². The monoisotopic (exact) mass is 381 g/mol. The topological polar surface area (TPSA) is 94.9 Å². The molecule has 0 amide bonds. The van der Waals surface area contributed by atoms with Crippen LogP contribution in [0.4, 0.5) is 0 Å². The molecule has 0 aliphatic heterocycles. The number of carbonyl (C=O) groups is 2. The summed E-state index contributed by atoms with van der Waals surface area (Å²) in [4.78, 5) is 24.2. The van der Waals surface area contributed by atoms with E-state index in [-0.39, 0.29) is 29.2 Å². The fraction of sp³-hybridized carbons (Fsp3) is 0.190. The van der Waals surface area contributed by atoms with Crippen molar-refractivity contribution in [2.75, 3.05) is 20.8 Å². The molecule has 0 aromatic heterocycles. The fourth-order valence-electron chi connectivity index (χ4n) is 2.34. The van der Waals surface area contributed by atoms with Crippen molar-refractivity contribution >= 4 is 18.0 Å². The van der Waals surface area contributed by atoms with Gasteiger partial charge in [0.05, 0.1) is 20.8 Å². The third-order valence-electron chi connectivity index (χ3n) is 3.64. The van der Waals surface area contributed by atoms with Gasteiger partial charge in [-0.1, -0.05) is 18.2 Å². The quantitative estimate of drug-likeness (QED) is 0.314. The number of benzene rings is 2. The zero-order chi connectivity index (χ0) is 20.5. The summed E-state index contributed by atoms with van der Waals surface area (Å²) in [7, 11) is 2.88. The maximum Gasteiger partial charge on any atom is 0.348 e. The van der Waals surface area contributed by atoms with Gasteiger partial charge >= 0.3 is 11.9 Å². The summed E-state index contributed by atoms with van der Waals surface area (Å²) in [6.07, 6.45) is 1.37. The summed E-state index contributed by atoms with van der Waals surface area (Å²) < 4.78 is 20.7. The van der Waals surface area contributed by atoms with E-state index < -0.39 is 11.9 Å². The molecule has 0 N–H and O–H groups in total. The molecule has 28 heavy (non-hydrogen) atoms. The second-order valence-corrected chi connectivity index (χ2v) is 5.39. The molecule has 2 rings (SSSR count). The average molecular weight is 381 g/mol. The van der Waals surface area contributed by atoms with Crippen LogP contribution in [0.5, 0.6) is 17.2 Å². The van der Waals surface area contributed by atoms with Crippen molar-refractivity contribution < 1.29 is 28.5 Å². The van der Waals surface area contributed by atoms with Gasteiger partial charge in [0.25, 0.3) is 0 Å². The number of hydrogen-bond donors (Lipinski definition) is 0. The molecule has 7 heteroatoms. The number of nitriles is 1. The Morgan fingerprint density at radius 2 is 1.75 bits per heavy atom. The van der Waals surface area contributed by atoms with Crippen molar-refractivity contribution in [3.63, 3.8) is 0 Å². The first-order chi connectivity index (χ1) is 13.5. The van der Waals surface area contributed by atoms with Crippen LogP contribution < -0.4 is 14.2 Å². The normalized spacial score (nSPS) is 10.6. The van der Waals surface area contributed by atoms with Crippen LogP contribution in [-0.4, -0.2) is 32.8 Å². The molecule has 0 spiro atoms. The van der Waals surface area contributed by atoms with Gasteiger partial charge in [-0.15, -0.1) is 0 Å². The molecule has 0 aliphatic carbocycles. The molecule has 144 valence electrons. The number of methoxy groups -OCH3 is 2. The van der Waals surface area contributed by atoms with E-state index in [0.29, 0.717) is 11.3 Å². The van der Waals surface area contributed by atoms with Crippen LogP contribution in [0.15, 0.2) is 48.0 Å². The van der Waals surface area contributed by atoms with Crippen LogP contribution in [0.3, 0.4) is 0 Å². The zero-order valence-corrected chi connectivity index (χ0v) is 15.7. The summed E-state index contributed by atoms with van der Waals surface area (Å²) in [5.74, 6) is -0.485. The predicted octanol–water partition coefficient (Wildman–Crippen LogP) is 3.39. The van der Waals surface area contributed by atoms with Gasteiger partial charge in [-0.3, -0.25) is 0 Å². The first kappa shape index (κ1) is 20.5. The molecule has 0 saturated carbocycles. The van der Waals surface area contributed by atoms with Crippen LogP contribution in [0.1, 0.15) is 22.8 Å². The Labute approximate surface area is 162 Å². The fourth-order valence-corrected chi connectivity index (χ4v) is 2.34. The van der Waals surface area contributed by atoms with Crippen molar-refractivity contribution in [1.29, 1.82) is 5.26 Å². The minimum atomic E-state index is -0.712. The van der Waals surface area contributed by atoms with Crippen molar-refractivity contribution in [3.8, 4) is 23.3 Å². The molecule has 0 unspecified atom stereocenters. The van der Waals surface area contributed by atoms with Gasteiger partial charge in [0.2, 0.25) is 0 Å². The summed E-state index contributed by atoms with van der Waals surface area (Å²) in [5.41, 5.74) is 0.631. The highest BCUT2D eigenvalue weighted by molar-refractivity contribution is 5.98. The van der Waals surface area contributed by atoms with E-state index >= 15 is 0 Å². The maximum absolute atomic E-state index is 12.5. The molecule has 2 aromatic rings. The second kappa shape index (κ2) is 9.78. The van der Waals surface area contributed by atoms with E-state index in [1.165, 1.54) is 26.4 Å². The van der Waals surface area contributed by atoms with Crippen LogP contribution >= 0.6 is 0 Å². The third-order valence-corrected chi connectivity index (χ3v) is 3.64. The molecule has 7 nitrogen and oxygen atoms in total. The summed E-state index contributed by atoms with van der Waals surface area (Å²) in [5, 5.41) is 9.13. The zero-order valence-electron chi connectivity index (χ0n) is 15.7. The van der Waals surface area contributed by atoms with Crippen LogP contribution in [0, 0.1) is 11.3 Å². The van der Waals surface area contributed by atoms with E-state index in [0.717, 1.165) is 0 Å². The van der Waals surface area contributed by atoms with E-state index in [1.54, 1.807) is 49.4 Å². The molecule has 0 bridgehead atoms. The summed E-state index contributed by atoms with van der Waals surface area (Å²) in [6.45, 7) is 1.82. The molecule has 0 heterocycles. The highest BCUT2D eigenvalue weighted by Gasteiger charge is 2.17. The Hall–Kier alpha value is -3.79. The Morgan fingerprint density at radius 1 is 1.04 bits per heavy atom. The highest BCUT2D eigenvalue weighted by atomic mass is 16.6. The molecule has 0 fully saturated rings. The third kappa shape index (κ3) is 4.89. The SMILES string of the molecule is CCOC(=O)/C(C#N)=C/c1ccc(OC(=O)c2ccccc2OC)c(OC)c1. The number of ether oxygens (including phenoxy) is 4. The Balaban J connectivity index is 2.29. The lowest BCUT2D eigenvalue weighted by Crippen LogP contribution is -2.10. The Bertz CT molecular complexity index is 942. The molecular weight excluding hydrogens is 362 g/mol. The molecule has 0 radical (unpaired) electrons. The lowest BCUT2D eigenvalue weighted by atomic mass is 10.1. The Morgan fingerprint density at radius 3 is 2.39 bits per heavy atom. The minimum Gasteiger partial charge on any atom is -0.496 e. The molecule has 0 aliphatic rings.